The third-order valence-electron chi connectivity index (χ3n) is 12.9. The summed E-state index contributed by atoms with van der Waals surface area (Å²) in [5, 5.41) is 9.97. The van der Waals surface area contributed by atoms with E-state index in [-0.39, 0.29) is 0 Å². The number of pyridine rings is 3. The van der Waals surface area contributed by atoms with Crippen LogP contribution in [-0.4, -0.2) is 23.0 Å². The summed E-state index contributed by atoms with van der Waals surface area (Å²) < 4.78 is 2.49. The Balaban J connectivity index is 1.19. The largest absolute Gasteiger partial charge is 0.255 e. The summed E-state index contributed by atoms with van der Waals surface area (Å²) in [6.07, 6.45) is 1.84. The molecule has 0 radical (unpaired) electrons. The minimum atomic E-state index is -2.86. The molecule has 0 atom stereocenters. The standard InChI is InChI=1S/C60H41N3SSi/c1-40-18-15-26-45(36-40)65(43-22-7-3-8-23-43,44-24-9-4-10-25-44)46-27-16-21-42(37-46)53-38-55(51-30-17-29-50-47-28-11-12-32-57(47)64-60(50)51)62-58-49(53)34-33-48-52(41-19-5-2-6-20-41)39-56(63-59(48)58)54-31-13-14-35-61-54/h2-39H,1H3. The van der Waals surface area contributed by atoms with Crippen molar-refractivity contribution >= 4 is 82.1 Å². The highest BCUT2D eigenvalue weighted by molar-refractivity contribution is 7.26. The fraction of sp³-hybridized carbons (Fsp3) is 0.0167. The summed E-state index contributed by atoms with van der Waals surface area (Å²) in [5.41, 5.74) is 11.1. The second-order valence-corrected chi connectivity index (χ2v) is 21.6. The van der Waals surface area contributed by atoms with Gasteiger partial charge in [0.2, 0.25) is 0 Å². The first-order chi connectivity index (χ1) is 32.1. The predicted octanol–water partition coefficient (Wildman–Crippen LogP) is 12.9. The van der Waals surface area contributed by atoms with Crippen molar-refractivity contribution in [1.29, 1.82) is 0 Å². The average Bonchev–Trinajstić information content (AvgIpc) is 3.76. The zero-order valence-electron chi connectivity index (χ0n) is 35.7. The highest BCUT2D eigenvalue weighted by Gasteiger charge is 2.41. The van der Waals surface area contributed by atoms with Gasteiger partial charge in [0, 0.05) is 42.7 Å². The average molecular weight is 864 g/mol. The maximum absolute atomic E-state index is 5.71. The molecule has 0 saturated heterocycles. The van der Waals surface area contributed by atoms with Crippen LogP contribution in [0.3, 0.4) is 0 Å². The van der Waals surface area contributed by atoms with Gasteiger partial charge in [0.05, 0.1) is 28.1 Å². The molecule has 0 N–H and O–H groups in total. The molecule has 5 heteroatoms. The van der Waals surface area contributed by atoms with Crippen LogP contribution in [0.15, 0.2) is 231 Å². The van der Waals surface area contributed by atoms with Gasteiger partial charge in [0.1, 0.15) is 0 Å². The summed E-state index contributed by atoms with van der Waals surface area (Å²) in [5.74, 6) is 0. The Morgan fingerprint density at radius 1 is 0.369 bits per heavy atom. The molecular formula is C60H41N3SSi. The van der Waals surface area contributed by atoms with Crippen molar-refractivity contribution in [2.75, 3.05) is 0 Å². The maximum atomic E-state index is 5.71. The van der Waals surface area contributed by atoms with Gasteiger partial charge in [0.15, 0.2) is 8.07 Å². The third kappa shape index (κ3) is 6.59. The molecule has 8 aromatic carbocycles. The Morgan fingerprint density at radius 2 is 0.923 bits per heavy atom. The van der Waals surface area contributed by atoms with Crippen LogP contribution in [0.1, 0.15) is 5.56 Å². The van der Waals surface area contributed by atoms with Crippen molar-refractivity contribution in [3.05, 3.63) is 236 Å². The van der Waals surface area contributed by atoms with Crippen LogP contribution in [0.5, 0.6) is 0 Å². The molecule has 0 unspecified atom stereocenters. The SMILES string of the molecule is Cc1cccc([Si](c2ccccc2)(c2ccccc2)c2cccc(-c3cc(-c4cccc5c4sc4ccccc45)nc4c3ccc3c(-c5ccccc5)cc(-c5ccccn5)nc34)c2)c1. The first kappa shape index (κ1) is 38.8. The van der Waals surface area contributed by atoms with E-state index in [1.807, 2.05) is 35.7 Å². The number of aromatic nitrogens is 3. The topological polar surface area (TPSA) is 38.7 Å². The molecule has 0 fully saturated rings. The summed E-state index contributed by atoms with van der Waals surface area (Å²) in [4.78, 5) is 16.0. The van der Waals surface area contributed by atoms with E-state index in [4.69, 9.17) is 15.0 Å². The van der Waals surface area contributed by atoms with E-state index in [0.29, 0.717) is 0 Å². The number of hydrogen-bond acceptors (Lipinski definition) is 4. The lowest BCUT2D eigenvalue weighted by Gasteiger charge is -2.35. The van der Waals surface area contributed by atoms with Crippen molar-refractivity contribution in [2.24, 2.45) is 0 Å². The summed E-state index contributed by atoms with van der Waals surface area (Å²) in [6, 6.07) is 82.0. The maximum Gasteiger partial charge on any atom is 0.179 e. The fourth-order valence-corrected chi connectivity index (χ4v) is 16.1. The summed E-state index contributed by atoms with van der Waals surface area (Å²) in [7, 11) is -2.86. The molecule has 0 bridgehead atoms. The summed E-state index contributed by atoms with van der Waals surface area (Å²) in [6.45, 7) is 2.21. The van der Waals surface area contributed by atoms with Gasteiger partial charge in [-0.3, -0.25) is 4.98 Å². The quantitative estimate of drug-likeness (QED) is 0.0868. The minimum Gasteiger partial charge on any atom is -0.255 e. The van der Waals surface area contributed by atoms with Crippen LogP contribution in [0, 0.1) is 6.92 Å². The minimum absolute atomic E-state index is 0.812. The van der Waals surface area contributed by atoms with E-state index in [1.165, 1.54) is 46.5 Å². The van der Waals surface area contributed by atoms with E-state index in [0.717, 1.165) is 66.7 Å². The van der Waals surface area contributed by atoms with Gasteiger partial charge < -0.3 is 0 Å². The van der Waals surface area contributed by atoms with Crippen LogP contribution in [0.4, 0.5) is 0 Å². The molecule has 306 valence electrons. The number of aryl methyl sites for hydroxylation is 1. The highest BCUT2D eigenvalue weighted by atomic mass is 32.1. The van der Waals surface area contributed by atoms with Crippen molar-refractivity contribution in [3.63, 3.8) is 0 Å². The van der Waals surface area contributed by atoms with E-state index in [9.17, 15) is 0 Å². The van der Waals surface area contributed by atoms with Gasteiger partial charge in [-0.1, -0.05) is 200 Å². The van der Waals surface area contributed by atoms with Crippen LogP contribution >= 0.6 is 11.3 Å². The molecular weight excluding hydrogens is 823 g/mol. The molecule has 3 nitrogen and oxygen atoms in total. The first-order valence-electron chi connectivity index (χ1n) is 22.1. The van der Waals surface area contributed by atoms with Crippen LogP contribution in [0.25, 0.3) is 86.9 Å². The Hall–Kier alpha value is -7.83. The number of nitrogens with zero attached hydrogens (tertiary/aromatic N) is 3. The Morgan fingerprint density at radius 3 is 1.63 bits per heavy atom. The van der Waals surface area contributed by atoms with E-state index >= 15 is 0 Å². The molecule has 0 aliphatic carbocycles. The first-order valence-corrected chi connectivity index (χ1v) is 24.9. The number of fused-ring (bicyclic) bond motifs is 6. The lowest BCUT2D eigenvalue weighted by atomic mass is 9.94. The van der Waals surface area contributed by atoms with Crippen molar-refractivity contribution in [2.45, 2.75) is 6.92 Å². The van der Waals surface area contributed by atoms with Gasteiger partial charge in [-0.25, -0.2) is 9.97 Å². The molecule has 65 heavy (non-hydrogen) atoms. The lowest BCUT2D eigenvalue weighted by Crippen LogP contribution is -2.74. The van der Waals surface area contributed by atoms with E-state index in [1.54, 1.807) is 0 Å². The van der Waals surface area contributed by atoms with Crippen LogP contribution in [0.2, 0.25) is 0 Å². The Labute approximate surface area is 383 Å². The molecule has 12 rings (SSSR count). The van der Waals surface area contributed by atoms with Gasteiger partial charge in [0.25, 0.3) is 0 Å². The van der Waals surface area contributed by atoms with Crippen LogP contribution in [-0.2, 0) is 0 Å². The lowest BCUT2D eigenvalue weighted by molar-refractivity contribution is 1.27. The molecule has 4 aromatic heterocycles. The zero-order valence-corrected chi connectivity index (χ0v) is 37.5. The van der Waals surface area contributed by atoms with Crippen molar-refractivity contribution in [1.82, 2.24) is 15.0 Å². The predicted molar refractivity (Wildman–Crippen MR) is 278 cm³/mol. The number of benzene rings is 8. The van der Waals surface area contributed by atoms with Gasteiger partial charge >= 0.3 is 0 Å². The van der Waals surface area contributed by atoms with Gasteiger partial charge in [-0.05, 0) is 80.3 Å². The Kier molecular flexibility index (Phi) is 9.59. The smallest absolute Gasteiger partial charge is 0.179 e. The van der Waals surface area contributed by atoms with Crippen molar-refractivity contribution < 1.29 is 0 Å². The number of hydrogen-bond donors (Lipinski definition) is 0. The molecule has 0 aliphatic rings. The number of thiophene rings is 1. The Bertz CT molecular complexity index is 3680. The van der Waals surface area contributed by atoms with E-state index < -0.39 is 8.07 Å². The second kappa shape index (κ2) is 16.1. The summed E-state index contributed by atoms with van der Waals surface area (Å²) >= 11 is 1.83. The van der Waals surface area contributed by atoms with Crippen LogP contribution < -0.4 is 20.7 Å². The molecule has 0 saturated carbocycles. The normalized spacial score (nSPS) is 11.8. The molecule has 0 aliphatic heterocycles. The highest BCUT2D eigenvalue weighted by Crippen LogP contribution is 2.43. The molecule has 12 aromatic rings. The fourth-order valence-electron chi connectivity index (χ4n) is 9.98. The third-order valence-corrected chi connectivity index (χ3v) is 18.9. The van der Waals surface area contributed by atoms with E-state index in [2.05, 4.69) is 213 Å². The van der Waals surface area contributed by atoms with Gasteiger partial charge in [-0.2, -0.15) is 0 Å². The molecule has 4 heterocycles. The second-order valence-electron chi connectivity index (χ2n) is 16.8. The monoisotopic (exact) mass is 863 g/mol. The molecule has 0 spiro atoms. The van der Waals surface area contributed by atoms with Crippen molar-refractivity contribution in [3.8, 4) is 44.9 Å². The molecule has 0 amide bonds. The number of rotatable bonds is 8. The zero-order chi connectivity index (χ0) is 43.3. The van der Waals surface area contributed by atoms with Gasteiger partial charge in [-0.15, -0.1) is 11.3 Å².